The Morgan fingerprint density at radius 1 is 0.254 bits per heavy atom. The highest BCUT2D eigenvalue weighted by Crippen LogP contribution is 2.29. The molecule has 0 aliphatic carbocycles. The summed E-state index contributed by atoms with van der Waals surface area (Å²) in [6, 6.07) is 84.1. The van der Waals surface area contributed by atoms with Crippen LogP contribution in [0, 0.1) is 0 Å². The molecule has 8 aromatic rings. The summed E-state index contributed by atoms with van der Waals surface area (Å²) in [7, 11) is -18.1. The fraction of sp³-hybridized carbons (Fsp3) is 0.0370. The topological polar surface area (TPSA) is 36.9 Å². The molecule has 0 saturated carbocycles. The van der Waals surface area contributed by atoms with E-state index in [1.165, 1.54) is 0 Å². The number of hydrogen-bond acceptors (Lipinski definition) is 4. The molecule has 0 fully saturated rings. The van der Waals surface area contributed by atoms with Crippen molar-refractivity contribution >= 4 is 83.8 Å². The average Bonchev–Trinajstić information content (AvgIpc) is 3.37. The Morgan fingerprint density at radius 2 is 0.413 bits per heavy atom. The van der Waals surface area contributed by atoms with E-state index in [2.05, 4.69) is 220 Å². The minimum Gasteiger partial charge on any atom is -0.422 e. The van der Waals surface area contributed by atoms with Crippen LogP contribution in [0.25, 0.3) is 0 Å². The van der Waals surface area contributed by atoms with Gasteiger partial charge in [-0.1, -0.05) is 254 Å². The van der Waals surface area contributed by atoms with Crippen molar-refractivity contribution in [2.45, 2.75) is 13.1 Å². The molecule has 0 amide bonds. The summed E-state index contributed by atoms with van der Waals surface area (Å²) >= 11 is 0. The van der Waals surface area contributed by atoms with Crippen LogP contribution in [0.4, 0.5) is 0 Å². The van der Waals surface area contributed by atoms with E-state index in [0.717, 1.165) is 41.5 Å². The van der Waals surface area contributed by atoms with Crippen LogP contribution in [0.5, 0.6) is 0 Å². The molecule has 0 saturated heterocycles. The number of benzene rings is 8. The molecule has 312 valence electrons. The fourth-order valence-electron chi connectivity index (χ4n) is 8.19. The van der Waals surface area contributed by atoms with E-state index < -0.39 is 42.3 Å². The molecular formula is C54H52O4Si5. The van der Waals surface area contributed by atoms with Gasteiger partial charge in [0.15, 0.2) is 0 Å². The maximum atomic E-state index is 8.61. The van der Waals surface area contributed by atoms with Gasteiger partial charge in [-0.05, 0) is 54.6 Å². The van der Waals surface area contributed by atoms with E-state index in [9.17, 15) is 0 Å². The highest BCUT2D eigenvalue weighted by Gasteiger charge is 2.62. The molecule has 0 aliphatic heterocycles. The van der Waals surface area contributed by atoms with Gasteiger partial charge in [0, 0.05) is 0 Å². The van der Waals surface area contributed by atoms with Gasteiger partial charge in [0.25, 0.3) is 0 Å². The third-order valence-corrected chi connectivity index (χ3v) is 33.1. The van der Waals surface area contributed by atoms with Crippen molar-refractivity contribution in [3.8, 4) is 0 Å². The second-order valence-electron chi connectivity index (χ2n) is 15.8. The number of rotatable bonds is 18. The first-order valence-electron chi connectivity index (χ1n) is 21.3. The lowest BCUT2D eigenvalue weighted by atomic mass is 10.4. The van der Waals surface area contributed by atoms with Crippen LogP contribution in [0.1, 0.15) is 0 Å². The zero-order valence-electron chi connectivity index (χ0n) is 35.8. The lowest BCUT2D eigenvalue weighted by molar-refractivity contribution is 0.329. The van der Waals surface area contributed by atoms with Crippen molar-refractivity contribution in [1.29, 1.82) is 0 Å². The second-order valence-corrected chi connectivity index (χ2v) is 32.6. The van der Waals surface area contributed by atoms with E-state index in [4.69, 9.17) is 16.5 Å². The first-order valence-corrected chi connectivity index (χ1v) is 31.7. The summed E-state index contributed by atoms with van der Waals surface area (Å²) in [5, 5.41) is 7.89. The van der Waals surface area contributed by atoms with Crippen molar-refractivity contribution < 1.29 is 16.5 Å². The Balaban J connectivity index is 1.51. The van der Waals surface area contributed by atoms with Crippen molar-refractivity contribution in [3.63, 3.8) is 0 Å². The molecule has 4 nitrogen and oxygen atoms in total. The first kappa shape index (κ1) is 43.8. The molecular weight excluding hydrogens is 853 g/mol. The van der Waals surface area contributed by atoms with Gasteiger partial charge in [-0.2, -0.15) is 0 Å². The van der Waals surface area contributed by atoms with Crippen molar-refractivity contribution in [2.75, 3.05) is 0 Å². The third-order valence-electron chi connectivity index (χ3n) is 11.7. The quantitative estimate of drug-likeness (QED) is 0.0853. The summed E-state index contributed by atoms with van der Waals surface area (Å²) in [5.41, 5.74) is 4.07. The highest BCUT2D eigenvalue weighted by atomic mass is 28.5. The molecule has 9 heteroatoms. The minimum atomic E-state index is -4.13. The van der Waals surface area contributed by atoms with Gasteiger partial charge in [0.1, 0.15) is 0 Å². The smallest absolute Gasteiger partial charge is 0.390 e. The molecule has 8 rings (SSSR count). The van der Waals surface area contributed by atoms with Crippen LogP contribution in [-0.2, 0) is 16.5 Å². The largest absolute Gasteiger partial charge is 0.422 e. The zero-order chi connectivity index (χ0) is 43.6. The van der Waals surface area contributed by atoms with Gasteiger partial charge in [0.2, 0.25) is 16.6 Å². The van der Waals surface area contributed by atoms with Gasteiger partial charge in [-0.25, -0.2) is 0 Å². The van der Waals surface area contributed by atoms with E-state index in [1.807, 2.05) is 59.9 Å². The van der Waals surface area contributed by atoms with Crippen LogP contribution >= 0.6 is 0 Å². The van der Waals surface area contributed by atoms with Gasteiger partial charge >= 0.3 is 25.7 Å². The summed E-state index contributed by atoms with van der Waals surface area (Å²) in [4.78, 5) is 0. The second kappa shape index (κ2) is 19.3. The predicted octanol–water partition coefficient (Wildman–Crippen LogP) is 7.24. The van der Waals surface area contributed by atoms with E-state index in [1.54, 1.807) is 0 Å². The predicted molar refractivity (Wildman–Crippen MR) is 274 cm³/mol. The molecule has 0 radical (unpaired) electrons. The zero-order valence-corrected chi connectivity index (χ0v) is 40.8. The molecule has 0 spiro atoms. The van der Waals surface area contributed by atoms with Crippen molar-refractivity contribution in [3.05, 3.63) is 267 Å². The standard InChI is InChI=1S/C54H52O4Si5/c1-5-59(3,47-31-15-7-16-32-47)55-61(49-35-19-9-20-36-49,50-37-21-10-22-38-50)57-63(53-43-27-13-28-44-53,54-45-29-14-30-46-54)58-62(51-39-23-11-24-40-51,52-41-25-12-26-42-52)56-60(4,6-2)48-33-17-8-18-34-48/h5-46H,1-2H2,3-4H3. The molecule has 0 N–H and O–H groups in total. The van der Waals surface area contributed by atoms with Crippen LogP contribution in [0.2, 0.25) is 13.1 Å². The molecule has 2 atom stereocenters. The Hall–Kier alpha value is -5.84. The van der Waals surface area contributed by atoms with Crippen LogP contribution in [-0.4, -0.2) is 42.3 Å². The van der Waals surface area contributed by atoms with E-state index in [-0.39, 0.29) is 0 Å². The lowest BCUT2D eigenvalue weighted by Gasteiger charge is -2.49. The Kier molecular flexibility index (Phi) is 13.4. The summed E-state index contributed by atoms with van der Waals surface area (Å²) in [6.07, 6.45) is 0. The third kappa shape index (κ3) is 8.89. The molecule has 0 aromatic heterocycles. The maximum Gasteiger partial charge on any atom is 0.390 e. The van der Waals surface area contributed by atoms with Gasteiger partial charge in [-0.15, -0.1) is 13.2 Å². The van der Waals surface area contributed by atoms with Crippen molar-refractivity contribution in [2.24, 2.45) is 0 Å². The summed E-state index contributed by atoms with van der Waals surface area (Å²) in [6.45, 7) is 13.4. The molecule has 0 bridgehead atoms. The van der Waals surface area contributed by atoms with Gasteiger partial charge < -0.3 is 16.5 Å². The van der Waals surface area contributed by atoms with Crippen LogP contribution < -0.4 is 41.5 Å². The molecule has 2 unspecified atom stereocenters. The summed E-state index contributed by atoms with van der Waals surface area (Å²) < 4.78 is 33.4. The van der Waals surface area contributed by atoms with E-state index in [0.29, 0.717) is 0 Å². The number of hydrogen-bond donors (Lipinski definition) is 0. The Labute approximate surface area is 378 Å². The molecule has 63 heavy (non-hydrogen) atoms. The van der Waals surface area contributed by atoms with Gasteiger partial charge in [-0.3, -0.25) is 0 Å². The fourth-order valence-corrected chi connectivity index (χ4v) is 32.1. The highest BCUT2D eigenvalue weighted by molar-refractivity contribution is 7.13. The minimum absolute atomic E-state index is 0.930. The lowest BCUT2D eigenvalue weighted by Crippen LogP contribution is -2.82. The molecule has 0 aliphatic rings. The van der Waals surface area contributed by atoms with Crippen LogP contribution in [0.3, 0.4) is 0 Å². The average molecular weight is 905 g/mol. The Morgan fingerprint density at radius 3 is 0.587 bits per heavy atom. The molecule has 0 heterocycles. The maximum absolute atomic E-state index is 8.61. The van der Waals surface area contributed by atoms with Crippen LogP contribution in [0.15, 0.2) is 267 Å². The molecule has 8 aromatic carbocycles. The first-order chi connectivity index (χ1) is 30.8. The Bertz CT molecular complexity index is 2410. The SMILES string of the molecule is C=C[Si](C)(O[Si](O[Si](O[Si](O[Si](C)(C=C)c1ccccc1)(c1ccccc1)c1ccccc1)(c1ccccc1)c1ccccc1)(c1ccccc1)c1ccccc1)c1ccccc1. The normalized spacial score (nSPS) is 13.9. The van der Waals surface area contributed by atoms with E-state index >= 15 is 0 Å². The van der Waals surface area contributed by atoms with Gasteiger partial charge in [0.05, 0.1) is 0 Å². The van der Waals surface area contributed by atoms with Crippen molar-refractivity contribution in [1.82, 2.24) is 0 Å². The summed E-state index contributed by atoms with van der Waals surface area (Å²) in [5.74, 6) is 0. The monoisotopic (exact) mass is 904 g/mol.